The molecule has 2 aliphatic rings. The minimum Gasteiger partial charge on any atom is -0.483 e. The summed E-state index contributed by atoms with van der Waals surface area (Å²) in [5.41, 5.74) is 0.881. The van der Waals surface area contributed by atoms with Gasteiger partial charge in [-0.2, -0.15) is 0 Å². The van der Waals surface area contributed by atoms with E-state index in [2.05, 4.69) is 10.6 Å². The van der Waals surface area contributed by atoms with Gasteiger partial charge >= 0.3 is 0 Å². The maximum Gasteiger partial charge on any atom is 0.260 e. The fourth-order valence-corrected chi connectivity index (χ4v) is 3.50. The summed E-state index contributed by atoms with van der Waals surface area (Å²) in [4.78, 5) is 26.6. The van der Waals surface area contributed by atoms with Crippen LogP contribution >= 0.6 is 12.4 Å². The predicted octanol–water partition coefficient (Wildman–Crippen LogP) is 1.67. The molecule has 2 fully saturated rings. The van der Waals surface area contributed by atoms with Gasteiger partial charge in [-0.05, 0) is 25.3 Å². The van der Waals surface area contributed by atoms with Crippen LogP contribution in [-0.2, 0) is 14.3 Å². The standard InChI is InChI=1S/C20H29N3O4.ClH/c1-2-16(22-20(25)18-13-21-9-12-26-18)15-7-3-4-8-17(15)27-14-19(24)23-10-5-6-11-23;/h3-4,7-8,16,18,21H,2,5-6,9-14H2,1H3,(H,22,25);1H. The van der Waals surface area contributed by atoms with E-state index < -0.39 is 6.10 Å². The number of ether oxygens (including phenoxy) is 2. The molecular formula is C20H30ClN3O4. The Morgan fingerprint density at radius 2 is 2.07 bits per heavy atom. The number of carbonyl (C=O) groups excluding carboxylic acids is 2. The molecule has 2 atom stereocenters. The van der Waals surface area contributed by atoms with Crippen molar-refractivity contribution in [3.63, 3.8) is 0 Å². The van der Waals surface area contributed by atoms with E-state index in [1.807, 2.05) is 36.1 Å². The number of nitrogens with one attached hydrogen (secondary N) is 2. The Morgan fingerprint density at radius 1 is 1.32 bits per heavy atom. The number of para-hydroxylation sites is 1. The van der Waals surface area contributed by atoms with Gasteiger partial charge in [-0.15, -0.1) is 12.4 Å². The van der Waals surface area contributed by atoms with Crippen molar-refractivity contribution in [1.29, 1.82) is 0 Å². The van der Waals surface area contributed by atoms with Gasteiger partial charge in [-0.1, -0.05) is 25.1 Å². The quantitative estimate of drug-likeness (QED) is 0.713. The molecule has 28 heavy (non-hydrogen) atoms. The molecule has 2 heterocycles. The molecule has 2 amide bonds. The summed E-state index contributed by atoms with van der Waals surface area (Å²) in [5, 5.41) is 6.22. The SMILES string of the molecule is CCC(NC(=O)C1CNCCO1)c1ccccc1OCC(=O)N1CCCC1.Cl. The molecule has 3 rings (SSSR count). The summed E-state index contributed by atoms with van der Waals surface area (Å²) in [7, 11) is 0. The molecule has 2 aliphatic heterocycles. The van der Waals surface area contributed by atoms with Crippen LogP contribution in [0.15, 0.2) is 24.3 Å². The van der Waals surface area contributed by atoms with Gasteiger partial charge in [0.25, 0.3) is 11.8 Å². The van der Waals surface area contributed by atoms with Crippen molar-refractivity contribution >= 4 is 24.2 Å². The van der Waals surface area contributed by atoms with Crippen LogP contribution in [0.1, 0.15) is 37.8 Å². The number of hydrogen-bond acceptors (Lipinski definition) is 5. The van der Waals surface area contributed by atoms with Gasteiger partial charge in [0.05, 0.1) is 12.6 Å². The van der Waals surface area contributed by atoms with E-state index in [4.69, 9.17) is 9.47 Å². The van der Waals surface area contributed by atoms with Gasteiger partial charge in [0.2, 0.25) is 0 Å². The molecule has 1 aromatic carbocycles. The highest BCUT2D eigenvalue weighted by atomic mass is 35.5. The Balaban J connectivity index is 0.00000280. The van der Waals surface area contributed by atoms with Gasteiger partial charge in [-0.3, -0.25) is 9.59 Å². The van der Waals surface area contributed by atoms with E-state index in [9.17, 15) is 9.59 Å². The molecule has 2 N–H and O–H groups in total. The van der Waals surface area contributed by atoms with Crippen molar-refractivity contribution in [1.82, 2.24) is 15.5 Å². The molecule has 2 saturated heterocycles. The molecule has 0 saturated carbocycles. The van der Waals surface area contributed by atoms with Crippen molar-refractivity contribution in [2.75, 3.05) is 39.4 Å². The van der Waals surface area contributed by atoms with Crippen molar-refractivity contribution in [2.24, 2.45) is 0 Å². The van der Waals surface area contributed by atoms with Crippen molar-refractivity contribution < 1.29 is 19.1 Å². The lowest BCUT2D eigenvalue weighted by Crippen LogP contribution is -2.48. The van der Waals surface area contributed by atoms with Crippen LogP contribution in [0.2, 0.25) is 0 Å². The fourth-order valence-electron chi connectivity index (χ4n) is 3.50. The maximum absolute atomic E-state index is 12.5. The normalized spacial score (nSPS) is 20.2. The topological polar surface area (TPSA) is 79.9 Å². The lowest BCUT2D eigenvalue weighted by molar-refractivity contribution is -0.135. The summed E-state index contributed by atoms with van der Waals surface area (Å²) in [6, 6.07) is 7.38. The molecule has 0 radical (unpaired) electrons. The van der Waals surface area contributed by atoms with Crippen LogP contribution in [0.3, 0.4) is 0 Å². The Labute approximate surface area is 172 Å². The molecule has 8 heteroatoms. The number of amides is 2. The minimum atomic E-state index is -0.474. The van der Waals surface area contributed by atoms with Crippen LogP contribution < -0.4 is 15.4 Å². The monoisotopic (exact) mass is 411 g/mol. The molecule has 1 aromatic rings. The zero-order chi connectivity index (χ0) is 19.1. The third-order valence-corrected chi connectivity index (χ3v) is 5.05. The second-order valence-electron chi connectivity index (χ2n) is 6.95. The number of nitrogens with zero attached hydrogens (tertiary/aromatic N) is 1. The number of halogens is 1. The van der Waals surface area contributed by atoms with Gasteiger partial charge < -0.3 is 25.0 Å². The molecular weight excluding hydrogens is 382 g/mol. The first-order valence-corrected chi connectivity index (χ1v) is 9.81. The molecule has 0 aliphatic carbocycles. The highest BCUT2D eigenvalue weighted by molar-refractivity contribution is 5.85. The summed E-state index contributed by atoms with van der Waals surface area (Å²) >= 11 is 0. The first-order valence-electron chi connectivity index (χ1n) is 9.81. The zero-order valence-corrected chi connectivity index (χ0v) is 17.1. The highest BCUT2D eigenvalue weighted by Gasteiger charge is 2.26. The molecule has 0 bridgehead atoms. The third kappa shape index (κ3) is 5.83. The lowest BCUT2D eigenvalue weighted by atomic mass is 10.0. The van der Waals surface area contributed by atoms with Crippen molar-refractivity contribution in [3.05, 3.63) is 29.8 Å². The van der Waals surface area contributed by atoms with E-state index in [0.29, 0.717) is 25.3 Å². The number of rotatable bonds is 7. The van der Waals surface area contributed by atoms with E-state index in [-0.39, 0.29) is 36.9 Å². The number of carbonyl (C=O) groups is 2. The maximum atomic E-state index is 12.5. The average molecular weight is 412 g/mol. The smallest absolute Gasteiger partial charge is 0.260 e. The average Bonchev–Trinajstić information content (AvgIpc) is 3.26. The van der Waals surface area contributed by atoms with Gasteiger partial charge in [0.1, 0.15) is 11.9 Å². The summed E-state index contributed by atoms with van der Waals surface area (Å²) in [6.07, 6.45) is 2.36. The van der Waals surface area contributed by atoms with Crippen LogP contribution in [0.25, 0.3) is 0 Å². The second-order valence-corrected chi connectivity index (χ2v) is 6.95. The van der Waals surface area contributed by atoms with Crippen LogP contribution in [0.5, 0.6) is 5.75 Å². The first kappa shape index (κ1) is 22.5. The highest BCUT2D eigenvalue weighted by Crippen LogP contribution is 2.27. The predicted molar refractivity (Wildman–Crippen MR) is 109 cm³/mol. The first-order chi connectivity index (χ1) is 13.2. The van der Waals surface area contributed by atoms with E-state index in [0.717, 1.165) is 38.0 Å². The Kier molecular flexibility index (Phi) is 9.02. The molecule has 2 unspecified atom stereocenters. The van der Waals surface area contributed by atoms with Crippen LogP contribution in [0.4, 0.5) is 0 Å². The number of hydrogen-bond donors (Lipinski definition) is 2. The van der Waals surface area contributed by atoms with E-state index in [1.165, 1.54) is 0 Å². The van der Waals surface area contributed by atoms with Crippen molar-refractivity contribution in [3.8, 4) is 5.75 Å². The van der Waals surface area contributed by atoms with Crippen molar-refractivity contribution in [2.45, 2.75) is 38.3 Å². The van der Waals surface area contributed by atoms with E-state index >= 15 is 0 Å². The third-order valence-electron chi connectivity index (χ3n) is 5.05. The summed E-state index contributed by atoms with van der Waals surface area (Å²) in [5.74, 6) is 0.526. The number of benzene rings is 1. The largest absolute Gasteiger partial charge is 0.483 e. The molecule has 7 nitrogen and oxygen atoms in total. The molecule has 156 valence electrons. The molecule has 0 spiro atoms. The van der Waals surface area contributed by atoms with Gasteiger partial charge in [0.15, 0.2) is 6.61 Å². The minimum absolute atomic E-state index is 0. The van der Waals surface area contributed by atoms with Crippen LogP contribution in [0, 0.1) is 0 Å². The Morgan fingerprint density at radius 3 is 2.75 bits per heavy atom. The molecule has 0 aromatic heterocycles. The summed E-state index contributed by atoms with van der Waals surface area (Å²) < 4.78 is 11.4. The Hall–Kier alpha value is -1.83. The fraction of sp³-hybridized carbons (Fsp3) is 0.600. The second kappa shape index (κ2) is 11.2. The van der Waals surface area contributed by atoms with Crippen LogP contribution in [-0.4, -0.2) is 62.2 Å². The van der Waals surface area contributed by atoms with Gasteiger partial charge in [-0.25, -0.2) is 0 Å². The summed E-state index contributed by atoms with van der Waals surface area (Å²) in [6.45, 7) is 5.48. The lowest BCUT2D eigenvalue weighted by Gasteiger charge is -2.26. The number of morpholine rings is 1. The Bertz CT molecular complexity index is 646. The number of likely N-dealkylation sites (tertiary alicyclic amines) is 1. The van der Waals surface area contributed by atoms with Gasteiger partial charge in [0, 0.05) is 31.7 Å². The zero-order valence-electron chi connectivity index (χ0n) is 16.3. The van der Waals surface area contributed by atoms with E-state index in [1.54, 1.807) is 0 Å².